The van der Waals surface area contributed by atoms with Crippen LogP contribution < -0.4 is 15.8 Å². The molecule has 0 unspecified atom stereocenters. The van der Waals surface area contributed by atoms with E-state index >= 15 is 0 Å². The summed E-state index contributed by atoms with van der Waals surface area (Å²) in [5.74, 6) is 0.603. The summed E-state index contributed by atoms with van der Waals surface area (Å²) in [6.07, 6.45) is 0. The first-order valence-corrected chi connectivity index (χ1v) is 5.26. The molecule has 0 radical (unpaired) electrons. The third-order valence-electron chi connectivity index (χ3n) is 1.89. The first kappa shape index (κ1) is 12.0. The molecule has 82 valence electrons. The Hall–Kier alpha value is -1.07. The summed E-state index contributed by atoms with van der Waals surface area (Å²) in [6, 6.07) is 5.63. The van der Waals surface area contributed by atoms with Crippen LogP contribution in [0, 0.1) is 0 Å². The highest BCUT2D eigenvalue weighted by molar-refractivity contribution is 9.10. The number of carbonyl (C=O) groups is 1. The zero-order valence-electron chi connectivity index (χ0n) is 8.42. The highest BCUT2D eigenvalue weighted by Gasteiger charge is 2.02. The minimum atomic E-state index is -0.165. The van der Waals surface area contributed by atoms with Crippen molar-refractivity contribution in [1.82, 2.24) is 5.32 Å². The van der Waals surface area contributed by atoms with Crippen LogP contribution in [0.3, 0.4) is 0 Å². The smallest absolute Gasteiger partial charge is 0.234 e. The van der Waals surface area contributed by atoms with Crippen LogP contribution in [-0.2, 0) is 11.3 Å². The van der Waals surface area contributed by atoms with E-state index in [1.165, 1.54) is 0 Å². The summed E-state index contributed by atoms with van der Waals surface area (Å²) in [7, 11) is 1.61. The maximum atomic E-state index is 10.9. The van der Waals surface area contributed by atoms with E-state index in [-0.39, 0.29) is 12.5 Å². The number of carbonyl (C=O) groups excluding carboxylic acids is 1. The lowest BCUT2D eigenvalue weighted by atomic mass is 10.2. The van der Waals surface area contributed by atoms with Crippen LogP contribution in [0.2, 0.25) is 0 Å². The third-order valence-corrected chi connectivity index (χ3v) is 2.51. The Morgan fingerprint density at radius 2 is 2.33 bits per heavy atom. The lowest BCUT2D eigenvalue weighted by Gasteiger charge is -2.07. The maximum absolute atomic E-state index is 10.9. The number of hydrogen-bond donors (Lipinski definition) is 2. The second-order valence-corrected chi connectivity index (χ2v) is 3.80. The van der Waals surface area contributed by atoms with Gasteiger partial charge in [-0.05, 0) is 33.6 Å². The van der Waals surface area contributed by atoms with Crippen molar-refractivity contribution >= 4 is 21.8 Å². The Kier molecular flexibility index (Phi) is 4.58. The van der Waals surface area contributed by atoms with E-state index in [2.05, 4.69) is 21.2 Å². The molecule has 1 rings (SSSR count). The number of methoxy groups -OCH3 is 1. The molecule has 0 saturated heterocycles. The van der Waals surface area contributed by atoms with Crippen LogP contribution in [0.5, 0.6) is 5.75 Å². The van der Waals surface area contributed by atoms with Gasteiger partial charge in [-0.3, -0.25) is 4.79 Å². The van der Waals surface area contributed by atoms with Crippen LogP contribution >= 0.6 is 15.9 Å². The van der Waals surface area contributed by atoms with Gasteiger partial charge in [0.1, 0.15) is 5.75 Å². The van der Waals surface area contributed by atoms with E-state index in [4.69, 9.17) is 10.5 Å². The molecule has 0 aliphatic heterocycles. The van der Waals surface area contributed by atoms with Gasteiger partial charge in [0.25, 0.3) is 0 Å². The molecule has 4 nitrogen and oxygen atoms in total. The molecular weight excluding hydrogens is 260 g/mol. The standard InChI is InChI=1S/C10H13BrN2O2/c1-15-9-3-2-7(4-8(9)11)6-13-10(14)5-12/h2-4H,5-6,12H2,1H3,(H,13,14). The minimum Gasteiger partial charge on any atom is -0.496 e. The lowest BCUT2D eigenvalue weighted by molar-refractivity contribution is -0.119. The normalized spacial score (nSPS) is 9.80. The van der Waals surface area contributed by atoms with Crippen molar-refractivity contribution < 1.29 is 9.53 Å². The number of halogens is 1. The predicted octanol–water partition coefficient (Wildman–Crippen LogP) is 1.03. The second kappa shape index (κ2) is 5.72. The summed E-state index contributed by atoms with van der Waals surface area (Å²) in [5.41, 5.74) is 6.16. The lowest BCUT2D eigenvalue weighted by Crippen LogP contribution is -2.29. The molecule has 15 heavy (non-hydrogen) atoms. The molecule has 1 aromatic rings. The van der Waals surface area contributed by atoms with Crippen molar-refractivity contribution in [3.8, 4) is 5.75 Å². The average molecular weight is 273 g/mol. The van der Waals surface area contributed by atoms with Gasteiger partial charge in [0.2, 0.25) is 5.91 Å². The van der Waals surface area contributed by atoms with E-state index < -0.39 is 0 Å². The van der Waals surface area contributed by atoms with Gasteiger partial charge in [0, 0.05) is 6.54 Å². The second-order valence-electron chi connectivity index (χ2n) is 2.95. The van der Waals surface area contributed by atoms with Crippen molar-refractivity contribution in [2.45, 2.75) is 6.54 Å². The number of hydrogen-bond acceptors (Lipinski definition) is 3. The number of ether oxygens (including phenoxy) is 1. The summed E-state index contributed by atoms with van der Waals surface area (Å²) < 4.78 is 5.96. The van der Waals surface area contributed by atoms with Gasteiger partial charge in [0.05, 0.1) is 18.1 Å². The summed E-state index contributed by atoms with van der Waals surface area (Å²) in [5, 5.41) is 2.69. The zero-order valence-corrected chi connectivity index (χ0v) is 10.0. The Bertz CT molecular complexity index is 355. The molecule has 0 spiro atoms. The molecule has 0 fully saturated rings. The molecule has 0 saturated carbocycles. The van der Waals surface area contributed by atoms with Crippen LogP contribution in [0.15, 0.2) is 22.7 Å². The van der Waals surface area contributed by atoms with Crippen molar-refractivity contribution in [3.05, 3.63) is 28.2 Å². The average Bonchev–Trinajstić information content (AvgIpc) is 2.26. The molecule has 0 atom stereocenters. The molecule has 5 heteroatoms. The largest absolute Gasteiger partial charge is 0.496 e. The monoisotopic (exact) mass is 272 g/mol. The first-order valence-electron chi connectivity index (χ1n) is 4.46. The van der Waals surface area contributed by atoms with E-state index in [0.29, 0.717) is 6.54 Å². The molecule has 0 heterocycles. The highest BCUT2D eigenvalue weighted by Crippen LogP contribution is 2.25. The third kappa shape index (κ3) is 3.53. The molecule has 1 amide bonds. The Morgan fingerprint density at radius 1 is 1.60 bits per heavy atom. The van der Waals surface area contributed by atoms with E-state index in [1.54, 1.807) is 7.11 Å². The van der Waals surface area contributed by atoms with Crippen molar-refractivity contribution in [3.63, 3.8) is 0 Å². The molecule has 0 bridgehead atoms. The predicted molar refractivity (Wildman–Crippen MR) is 61.6 cm³/mol. The quantitative estimate of drug-likeness (QED) is 0.861. The SMILES string of the molecule is COc1ccc(CNC(=O)CN)cc1Br. The van der Waals surface area contributed by atoms with E-state index in [1.807, 2.05) is 18.2 Å². The number of nitrogens with one attached hydrogen (secondary N) is 1. The van der Waals surface area contributed by atoms with Crippen molar-refractivity contribution in [1.29, 1.82) is 0 Å². The van der Waals surface area contributed by atoms with Crippen LogP contribution in [-0.4, -0.2) is 19.6 Å². The zero-order chi connectivity index (χ0) is 11.3. The van der Waals surface area contributed by atoms with Gasteiger partial charge in [-0.15, -0.1) is 0 Å². The number of amides is 1. The Morgan fingerprint density at radius 3 is 2.87 bits per heavy atom. The molecule has 0 aliphatic rings. The topological polar surface area (TPSA) is 64.3 Å². The van der Waals surface area contributed by atoms with Gasteiger partial charge in [-0.2, -0.15) is 0 Å². The Labute approximate surface area is 96.9 Å². The summed E-state index contributed by atoms with van der Waals surface area (Å²) in [4.78, 5) is 10.9. The number of rotatable bonds is 4. The van der Waals surface area contributed by atoms with E-state index in [0.717, 1.165) is 15.8 Å². The minimum absolute atomic E-state index is 0.0112. The highest BCUT2D eigenvalue weighted by atomic mass is 79.9. The fourth-order valence-corrected chi connectivity index (χ4v) is 1.68. The number of nitrogens with two attached hydrogens (primary N) is 1. The van der Waals surface area contributed by atoms with Gasteiger partial charge < -0.3 is 15.8 Å². The molecule has 0 aromatic heterocycles. The first-order chi connectivity index (χ1) is 7.17. The summed E-state index contributed by atoms with van der Waals surface area (Å²) >= 11 is 3.37. The Balaban J connectivity index is 2.63. The van der Waals surface area contributed by atoms with E-state index in [9.17, 15) is 4.79 Å². The van der Waals surface area contributed by atoms with Gasteiger partial charge >= 0.3 is 0 Å². The fraction of sp³-hybridized carbons (Fsp3) is 0.300. The number of benzene rings is 1. The molecule has 3 N–H and O–H groups in total. The molecule has 0 aliphatic carbocycles. The molecular formula is C10H13BrN2O2. The van der Waals surface area contributed by atoms with Crippen LogP contribution in [0.1, 0.15) is 5.56 Å². The summed E-state index contributed by atoms with van der Waals surface area (Å²) in [6.45, 7) is 0.482. The van der Waals surface area contributed by atoms with Crippen molar-refractivity contribution in [2.24, 2.45) is 5.73 Å². The van der Waals surface area contributed by atoms with Crippen LogP contribution in [0.25, 0.3) is 0 Å². The fourth-order valence-electron chi connectivity index (χ4n) is 1.09. The molecule has 1 aromatic carbocycles. The maximum Gasteiger partial charge on any atom is 0.234 e. The van der Waals surface area contributed by atoms with Crippen LogP contribution in [0.4, 0.5) is 0 Å². The van der Waals surface area contributed by atoms with Gasteiger partial charge in [0.15, 0.2) is 0 Å². The van der Waals surface area contributed by atoms with Gasteiger partial charge in [-0.25, -0.2) is 0 Å². The van der Waals surface area contributed by atoms with Crippen molar-refractivity contribution in [2.75, 3.05) is 13.7 Å². The van der Waals surface area contributed by atoms with Gasteiger partial charge in [-0.1, -0.05) is 6.07 Å².